The van der Waals surface area contributed by atoms with Crippen molar-refractivity contribution in [1.29, 1.82) is 0 Å². The lowest BCUT2D eigenvalue weighted by Gasteiger charge is -2.29. The fraction of sp³-hybridized carbons (Fsp3) is 0.467. The maximum absolute atomic E-state index is 13.7. The van der Waals surface area contributed by atoms with E-state index in [1.807, 2.05) is 38.5 Å². The molecule has 2 nitrogen and oxygen atoms in total. The highest BCUT2D eigenvalue weighted by atomic mass is 19.4. The smallest absolute Gasteiger partial charge is 0.232 e. The summed E-state index contributed by atoms with van der Waals surface area (Å²) in [5.74, 6) is 0. The topological polar surface area (TPSA) is 16.8 Å². The number of hydrogen-bond acceptors (Lipinski definition) is 1. The van der Waals surface area contributed by atoms with Crippen LogP contribution in [0, 0.1) is 31.6 Å². The van der Waals surface area contributed by atoms with Crippen LogP contribution in [0.4, 0.5) is 26.3 Å². The van der Waals surface area contributed by atoms with Gasteiger partial charge in [-0.15, -0.1) is 0 Å². The van der Waals surface area contributed by atoms with Crippen molar-refractivity contribution in [3.05, 3.63) is 70.5 Å². The Labute approximate surface area is 220 Å². The Hall–Kier alpha value is -2.90. The highest BCUT2D eigenvalue weighted by Gasteiger charge is 2.48. The second-order valence-corrected chi connectivity index (χ2v) is 11.7. The molecule has 0 atom stereocenters. The zero-order valence-electron chi connectivity index (χ0n) is 23.1. The van der Waals surface area contributed by atoms with Crippen LogP contribution in [0.2, 0.25) is 0 Å². The first-order valence-corrected chi connectivity index (χ1v) is 12.4. The zero-order valence-corrected chi connectivity index (χ0v) is 23.1. The van der Waals surface area contributed by atoms with Crippen LogP contribution in [-0.4, -0.2) is 17.3 Å². The average Bonchev–Trinajstić information content (AvgIpc) is 2.74. The summed E-state index contributed by atoms with van der Waals surface area (Å²) < 4.78 is 84.0. The number of halogens is 6. The minimum absolute atomic E-state index is 0.317. The Kier molecular flexibility index (Phi) is 7.81. The van der Waals surface area contributed by atoms with Gasteiger partial charge in [-0.05, 0) is 79.0 Å². The van der Waals surface area contributed by atoms with Crippen molar-refractivity contribution in [1.82, 2.24) is 4.98 Å². The number of nitrogens with zero attached hydrogens (tertiary/aromatic N) is 2. The summed E-state index contributed by atoms with van der Waals surface area (Å²) in [6.07, 6.45) is -8.06. The van der Waals surface area contributed by atoms with E-state index in [1.54, 1.807) is 18.5 Å². The van der Waals surface area contributed by atoms with E-state index in [9.17, 15) is 26.3 Å². The minimum atomic E-state index is -4.47. The molecule has 3 aromatic rings. The maximum atomic E-state index is 13.7. The van der Waals surface area contributed by atoms with Gasteiger partial charge in [0.15, 0.2) is 5.69 Å². The lowest BCUT2D eigenvalue weighted by Crippen LogP contribution is -2.35. The highest BCUT2D eigenvalue weighted by molar-refractivity contribution is 5.70. The molecule has 0 radical (unpaired) electrons. The van der Waals surface area contributed by atoms with Crippen LogP contribution >= 0.6 is 0 Å². The second kappa shape index (κ2) is 10.0. The Balaban J connectivity index is 2.20. The Morgan fingerprint density at radius 3 is 1.68 bits per heavy atom. The first kappa shape index (κ1) is 29.7. The SMILES string of the molecule is Cc1cc(C)c(C)c(-c2cc(-c3cc(CC(C)(C)C(F)(F)F)cc(CC(C)(C)C(F)(F)F)c3)nc[n+]2C)c1. The molecule has 0 fully saturated rings. The van der Waals surface area contributed by atoms with Gasteiger partial charge in [-0.1, -0.05) is 45.4 Å². The largest absolute Gasteiger partial charge is 0.394 e. The van der Waals surface area contributed by atoms with E-state index >= 15 is 0 Å². The predicted octanol–water partition coefficient (Wildman–Crippen LogP) is 8.43. The average molecular weight is 538 g/mol. The summed E-state index contributed by atoms with van der Waals surface area (Å²) in [7, 11) is 1.85. The van der Waals surface area contributed by atoms with Gasteiger partial charge in [-0.25, -0.2) is 4.57 Å². The van der Waals surface area contributed by atoms with Crippen molar-refractivity contribution in [2.45, 2.75) is 73.7 Å². The highest BCUT2D eigenvalue weighted by Crippen LogP contribution is 2.43. The first-order chi connectivity index (χ1) is 17.2. The lowest BCUT2D eigenvalue weighted by molar-refractivity contribution is -0.663. The molecule has 0 aliphatic carbocycles. The van der Waals surface area contributed by atoms with Gasteiger partial charge >= 0.3 is 12.4 Å². The van der Waals surface area contributed by atoms with Crippen molar-refractivity contribution in [2.75, 3.05) is 0 Å². The number of aryl methyl sites for hydroxylation is 3. The number of rotatable bonds is 6. The quantitative estimate of drug-likeness (QED) is 0.228. The monoisotopic (exact) mass is 537 g/mol. The van der Waals surface area contributed by atoms with Gasteiger partial charge in [0.1, 0.15) is 5.69 Å². The zero-order chi connectivity index (χ0) is 28.8. The molecule has 0 amide bonds. The van der Waals surface area contributed by atoms with E-state index in [0.717, 1.165) is 55.6 Å². The van der Waals surface area contributed by atoms with Crippen molar-refractivity contribution < 1.29 is 30.9 Å². The molecule has 1 aromatic heterocycles. The molecule has 0 aliphatic rings. The predicted molar refractivity (Wildman–Crippen MR) is 138 cm³/mol. The molecule has 0 spiro atoms. The number of benzene rings is 2. The molecule has 1 heterocycles. The molecule has 0 unspecified atom stereocenters. The van der Waals surface area contributed by atoms with Gasteiger partial charge in [0.25, 0.3) is 6.33 Å². The van der Waals surface area contributed by atoms with Gasteiger partial charge in [-0.3, -0.25) is 0 Å². The molecule has 3 rings (SSSR count). The molecular weight excluding hydrogens is 502 g/mol. The molecule has 8 heteroatoms. The van der Waals surface area contributed by atoms with Crippen LogP contribution in [0.15, 0.2) is 42.7 Å². The summed E-state index contributed by atoms with van der Waals surface area (Å²) in [6, 6.07) is 10.7. The third kappa shape index (κ3) is 6.21. The molecule has 0 bridgehead atoms. The molecule has 206 valence electrons. The third-order valence-corrected chi connectivity index (χ3v) is 7.29. The molecule has 0 aliphatic heterocycles. The molecule has 0 N–H and O–H groups in total. The minimum Gasteiger partial charge on any atom is -0.232 e. The van der Waals surface area contributed by atoms with Crippen molar-refractivity contribution in [3.8, 4) is 22.5 Å². The molecule has 38 heavy (non-hydrogen) atoms. The number of alkyl halides is 6. The Bertz CT molecular complexity index is 1290. The van der Waals surface area contributed by atoms with Gasteiger partial charge in [0, 0.05) is 17.2 Å². The maximum Gasteiger partial charge on any atom is 0.394 e. The normalized spacial score (nSPS) is 13.2. The summed E-state index contributed by atoms with van der Waals surface area (Å²) in [4.78, 5) is 4.50. The summed E-state index contributed by atoms with van der Waals surface area (Å²) >= 11 is 0. The summed E-state index contributed by atoms with van der Waals surface area (Å²) in [5, 5.41) is 0. The van der Waals surface area contributed by atoms with Crippen molar-refractivity contribution in [3.63, 3.8) is 0 Å². The van der Waals surface area contributed by atoms with Crippen molar-refractivity contribution in [2.24, 2.45) is 17.9 Å². The lowest BCUT2D eigenvalue weighted by atomic mass is 9.81. The molecule has 0 saturated heterocycles. The third-order valence-electron chi connectivity index (χ3n) is 7.29. The number of hydrogen-bond donors (Lipinski definition) is 0. The van der Waals surface area contributed by atoms with Crippen LogP contribution in [0.5, 0.6) is 0 Å². The summed E-state index contributed by atoms with van der Waals surface area (Å²) in [6.45, 7) is 10.4. The van der Waals surface area contributed by atoms with Crippen LogP contribution in [-0.2, 0) is 19.9 Å². The van der Waals surface area contributed by atoms with Crippen LogP contribution in [0.1, 0.15) is 55.5 Å². The van der Waals surface area contributed by atoms with Crippen LogP contribution < -0.4 is 4.57 Å². The Morgan fingerprint density at radius 2 is 1.21 bits per heavy atom. The van der Waals surface area contributed by atoms with Gasteiger partial charge in [0.05, 0.1) is 17.9 Å². The fourth-order valence-electron chi connectivity index (χ4n) is 4.55. The fourth-order valence-corrected chi connectivity index (χ4v) is 4.55. The molecular formula is C30H35F6N2+. The van der Waals surface area contributed by atoms with E-state index in [0.29, 0.717) is 22.4 Å². The second-order valence-electron chi connectivity index (χ2n) is 11.7. The van der Waals surface area contributed by atoms with Gasteiger partial charge < -0.3 is 0 Å². The first-order valence-electron chi connectivity index (χ1n) is 12.4. The Morgan fingerprint density at radius 1 is 0.711 bits per heavy atom. The van der Waals surface area contributed by atoms with Crippen molar-refractivity contribution >= 4 is 0 Å². The summed E-state index contributed by atoms with van der Waals surface area (Å²) in [5.41, 5.74) is 2.60. The van der Waals surface area contributed by atoms with E-state index in [-0.39, 0.29) is 12.8 Å². The van der Waals surface area contributed by atoms with E-state index in [1.165, 1.54) is 6.07 Å². The standard InChI is InChI=1S/C30H35F6N2/c1-18-9-19(2)20(3)24(10-18)26-14-25(37-17-38(26)8)23-12-21(15-27(4,5)29(31,32)33)11-22(13-23)16-28(6,7)30(34,35)36/h9-14,17H,15-16H2,1-8H3/q+1. The number of aromatic nitrogens is 2. The van der Waals surface area contributed by atoms with E-state index < -0.39 is 23.2 Å². The van der Waals surface area contributed by atoms with Crippen LogP contribution in [0.3, 0.4) is 0 Å². The van der Waals surface area contributed by atoms with Crippen LogP contribution in [0.25, 0.3) is 22.5 Å². The van der Waals surface area contributed by atoms with E-state index in [2.05, 4.69) is 17.1 Å². The van der Waals surface area contributed by atoms with Gasteiger partial charge in [-0.2, -0.15) is 26.3 Å². The molecule has 2 aromatic carbocycles. The van der Waals surface area contributed by atoms with Gasteiger partial charge in [0.2, 0.25) is 0 Å². The molecule has 0 saturated carbocycles. The van der Waals surface area contributed by atoms with E-state index in [4.69, 9.17) is 0 Å².